The summed E-state index contributed by atoms with van der Waals surface area (Å²) < 4.78 is 23.3. The highest BCUT2D eigenvalue weighted by molar-refractivity contribution is 5.72. The fraction of sp³-hybridized carbons (Fsp3) is 0.250. The Balaban J connectivity index is 1.73. The second-order valence-corrected chi connectivity index (χ2v) is 7.96. The first kappa shape index (κ1) is 20.8. The van der Waals surface area contributed by atoms with Gasteiger partial charge in [0.05, 0.1) is 42.8 Å². The third-order valence-electron chi connectivity index (χ3n) is 5.87. The number of imidazole rings is 1. The van der Waals surface area contributed by atoms with Crippen molar-refractivity contribution in [2.75, 3.05) is 6.61 Å². The number of hydrogen-bond acceptors (Lipinski definition) is 5. The van der Waals surface area contributed by atoms with Crippen molar-refractivity contribution in [1.29, 1.82) is 5.26 Å². The van der Waals surface area contributed by atoms with E-state index < -0.39 is 17.1 Å². The highest BCUT2D eigenvalue weighted by Crippen LogP contribution is 2.18. The van der Waals surface area contributed by atoms with Crippen LogP contribution in [0.15, 0.2) is 64.4 Å². The molecule has 0 amide bonds. The predicted molar refractivity (Wildman–Crippen MR) is 119 cm³/mol. The van der Waals surface area contributed by atoms with Crippen molar-refractivity contribution in [3.8, 4) is 11.8 Å². The Morgan fingerprint density at radius 2 is 1.94 bits per heavy atom. The summed E-state index contributed by atoms with van der Waals surface area (Å²) in [7, 11) is 0. The van der Waals surface area contributed by atoms with Gasteiger partial charge in [0.25, 0.3) is 5.56 Å². The molecule has 3 heterocycles. The molecule has 0 saturated carbocycles. The minimum atomic E-state index is -0.558. The van der Waals surface area contributed by atoms with E-state index in [9.17, 15) is 19.2 Å². The second kappa shape index (κ2) is 8.48. The smallest absolute Gasteiger partial charge is 0.337 e. The Morgan fingerprint density at radius 1 is 1.15 bits per heavy atom. The quantitative estimate of drug-likeness (QED) is 0.471. The lowest BCUT2D eigenvalue weighted by molar-refractivity contribution is 0.0950. The molecule has 5 rings (SSSR count). The average Bonchev–Trinajstić information content (AvgIpc) is 3.49. The van der Waals surface area contributed by atoms with E-state index in [0.29, 0.717) is 17.9 Å². The van der Waals surface area contributed by atoms with Crippen LogP contribution in [0.25, 0.3) is 16.9 Å². The fourth-order valence-corrected chi connectivity index (χ4v) is 4.23. The molecule has 1 aliphatic rings. The molecule has 4 aromatic rings. The molecular formula is C24H20FN5O3. The summed E-state index contributed by atoms with van der Waals surface area (Å²) >= 11 is 0. The van der Waals surface area contributed by atoms with Gasteiger partial charge in [-0.15, -0.1) is 0 Å². The summed E-state index contributed by atoms with van der Waals surface area (Å²) in [6.45, 7) is 0.947. The van der Waals surface area contributed by atoms with Crippen LogP contribution >= 0.6 is 0 Å². The first-order chi connectivity index (χ1) is 16.1. The molecule has 2 aromatic carbocycles. The summed E-state index contributed by atoms with van der Waals surface area (Å²) in [6.07, 6.45) is 2.88. The summed E-state index contributed by atoms with van der Waals surface area (Å²) in [5.41, 5.74) is 0.984. The lowest BCUT2D eigenvalue weighted by Gasteiger charge is -2.15. The molecule has 33 heavy (non-hydrogen) atoms. The Bertz CT molecular complexity index is 1490. The number of hydrogen-bond donors (Lipinski definition) is 0. The summed E-state index contributed by atoms with van der Waals surface area (Å²) in [6, 6.07) is 14.7. The van der Waals surface area contributed by atoms with Crippen molar-refractivity contribution in [2.45, 2.75) is 32.0 Å². The SMILES string of the molecule is N#Cc1ccccc1Cn1cnc2c1c(=O)n(C[C@H]1CCCO1)c(=O)n2-c1ccc(F)cc1. The number of halogens is 1. The highest BCUT2D eigenvalue weighted by Gasteiger charge is 2.23. The number of fused-ring (bicyclic) bond motifs is 1. The van der Waals surface area contributed by atoms with Crippen molar-refractivity contribution >= 4 is 11.2 Å². The van der Waals surface area contributed by atoms with E-state index in [0.717, 1.165) is 23.0 Å². The molecule has 1 aliphatic heterocycles. The Hall–Kier alpha value is -4.03. The van der Waals surface area contributed by atoms with Crippen LogP contribution in [0.3, 0.4) is 0 Å². The molecule has 1 saturated heterocycles. The van der Waals surface area contributed by atoms with Gasteiger partial charge in [0.15, 0.2) is 11.2 Å². The van der Waals surface area contributed by atoms with E-state index in [1.165, 1.54) is 35.2 Å². The molecule has 0 N–H and O–H groups in total. The van der Waals surface area contributed by atoms with E-state index in [-0.39, 0.29) is 30.4 Å². The maximum absolute atomic E-state index is 13.5. The molecule has 9 heteroatoms. The molecule has 0 spiro atoms. The molecule has 166 valence electrons. The molecule has 0 unspecified atom stereocenters. The molecule has 2 aromatic heterocycles. The van der Waals surface area contributed by atoms with Gasteiger partial charge >= 0.3 is 5.69 Å². The first-order valence-corrected chi connectivity index (χ1v) is 10.6. The van der Waals surface area contributed by atoms with E-state index in [4.69, 9.17) is 4.74 Å². The van der Waals surface area contributed by atoms with E-state index >= 15 is 0 Å². The van der Waals surface area contributed by atoms with Crippen LogP contribution in [0.1, 0.15) is 24.0 Å². The Morgan fingerprint density at radius 3 is 2.67 bits per heavy atom. The van der Waals surface area contributed by atoms with Crippen LogP contribution in [0.2, 0.25) is 0 Å². The van der Waals surface area contributed by atoms with Gasteiger partial charge in [-0.05, 0) is 48.7 Å². The van der Waals surface area contributed by atoms with Crippen molar-refractivity contribution in [1.82, 2.24) is 18.7 Å². The largest absolute Gasteiger partial charge is 0.376 e. The first-order valence-electron chi connectivity index (χ1n) is 10.6. The number of nitriles is 1. The second-order valence-electron chi connectivity index (χ2n) is 7.96. The molecule has 0 aliphatic carbocycles. The van der Waals surface area contributed by atoms with Gasteiger partial charge in [-0.2, -0.15) is 5.26 Å². The standard InChI is InChI=1S/C24H20FN5O3/c25-18-7-9-19(10-8-18)30-22-21(23(31)29(24(30)32)14-20-6-3-11-33-20)28(15-27-22)13-17-5-2-1-4-16(17)12-26/h1-2,4-5,7-10,15,20H,3,6,11,13-14H2/t20-/m1/s1. The van der Waals surface area contributed by atoms with Gasteiger partial charge in [0.1, 0.15) is 5.82 Å². The van der Waals surface area contributed by atoms with Crippen LogP contribution in [-0.2, 0) is 17.8 Å². The zero-order chi connectivity index (χ0) is 22.9. The monoisotopic (exact) mass is 445 g/mol. The molecule has 1 fully saturated rings. The van der Waals surface area contributed by atoms with Crippen molar-refractivity contribution < 1.29 is 9.13 Å². The zero-order valence-corrected chi connectivity index (χ0v) is 17.6. The van der Waals surface area contributed by atoms with E-state index in [1.54, 1.807) is 16.7 Å². The number of benzene rings is 2. The third-order valence-corrected chi connectivity index (χ3v) is 5.87. The molecular weight excluding hydrogens is 425 g/mol. The van der Waals surface area contributed by atoms with Crippen molar-refractivity contribution in [3.63, 3.8) is 0 Å². The molecule has 8 nitrogen and oxygen atoms in total. The number of rotatable bonds is 5. The van der Waals surface area contributed by atoms with Gasteiger partial charge in [0, 0.05) is 6.61 Å². The zero-order valence-electron chi connectivity index (χ0n) is 17.6. The summed E-state index contributed by atoms with van der Waals surface area (Å²) in [5, 5.41) is 9.44. The van der Waals surface area contributed by atoms with Crippen LogP contribution in [0.5, 0.6) is 0 Å². The topological polar surface area (TPSA) is 94.8 Å². The van der Waals surface area contributed by atoms with Gasteiger partial charge in [0.2, 0.25) is 0 Å². The Labute approximate surface area is 187 Å². The van der Waals surface area contributed by atoms with Gasteiger partial charge < -0.3 is 9.30 Å². The summed E-state index contributed by atoms with van der Waals surface area (Å²) in [5.74, 6) is -0.436. The van der Waals surface area contributed by atoms with E-state index in [1.807, 2.05) is 12.1 Å². The van der Waals surface area contributed by atoms with Crippen LogP contribution in [-0.4, -0.2) is 31.4 Å². The van der Waals surface area contributed by atoms with Crippen LogP contribution in [0.4, 0.5) is 4.39 Å². The van der Waals surface area contributed by atoms with Crippen molar-refractivity contribution in [3.05, 3.63) is 92.6 Å². The van der Waals surface area contributed by atoms with Crippen LogP contribution in [0, 0.1) is 17.1 Å². The van der Waals surface area contributed by atoms with Crippen molar-refractivity contribution in [2.24, 2.45) is 0 Å². The maximum atomic E-state index is 13.5. The minimum Gasteiger partial charge on any atom is -0.376 e. The maximum Gasteiger partial charge on any atom is 0.337 e. The third kappa shape index (κ3) is 3.75. The van der Waals surface area contributed by atoms with Gasteiger partial charge in [-0.3, -0.25) is 9.36 Å². The Kier molecular flexibility index (Phi) is 5.36. The van der Waals surface area contributed by atoms with Gasteiger partial charge in [-0.25, -0.2) is 18.7 Å². The molecule has 0 bridgehead atoms. The molecule has 1 atom stereocenters. The van der Waals surface area contributed by atoms with Gasteiger partial charge in [-0.1, -0.05) is 18.2 Å². The number of aromatic nitrogens is 4. The van der Waals surface area contributed by atoms with Crippen LogP contribution < -0.4 is 11.2 Å². The predicted octanol–water partition coefficient (Wildman–Crippen LogP) is 2.59. The fourth-order valence-electron chi connectivity index (χ4n) is 4.23. The lowest BCUT2D eigenvalue weighted by Crippen LogP contribution is -2.42. The minimum absolute atomic E-state index is 0.120. The summed E-state index contributed by atoms with van der Waals surface area (Å²) in [4.78, 5) is 31.3. The molecule has 0 radical (unpaired) electrons. The highest BCUT2D eigenvalue weighted by atomic mass is 19.1. The normalized spacial score (nSPS) is 15.7. The number of ether oxygens (including phenoxy) is 1. The average molecular weight is 445 g/mol. The van der Waals surface area contributed by atoms with E-state index in [2.05, 4.69) is 11.1 Å². The number of nitrogens with zero attached hydrogens (tertiary/aromatic N) is 5. The lowest BCUT2D eigenvalue weighted by atomic mass is 10.1.